The van der Waals surface area contributed by atoms with Crippen molar-refractivity contribution in [3.05, 3.63) is 64.8 Å². The smallest absolute Gasteiger partial charge is 0.271 e. The van der Waals surface area contributed by atoms with E-state index in [9.17, 15) is 4.79 Å². The minimum Gasteiger partial charge on any atom is -0.494 e. The van der Waals surface area contributed by atoms with Gasteiger partial charge in [0.25, 0.3) is 5.91 Å². The molecule has 0 saturated heterocycles. The van der Waals surface area contributed by atoms with Crippen molar-refractivity contribution >= 4 is 23.0 Å². The minimum absolute atomic E-state index is 0.199. The highest BCUT2D eigenvalue weighted by atomic mass is 16.5. The van der Waals surface area contributed by atoms with E-state index in [2.05, 4.69) is 22.4 Å². The molecule has 4 rings (SSSR count). The molecule has 2 aromatic carbocycles. The van der Waals surface area contributed by atoms with Gasteiger partial charge in [0.1, 0.15) is 5.75 Å². The molecule has 0 spiro atoms. The van der Waals surface area contributed by atoms with Crippen LogP contribution in [0.2, 0.25) is 0 Å². The zero-order valence-electron chi connectivity index (χ0n) is 17.5. The molecule has 0 atom stereocenters. The number of nitrogens with one attached hydrogen (secondary N) is 2. The molecule has 5 nitrogen and oxygen atoms in total. The lowest BCUT2D eigenvalue weighted by Gasteiger charge is -2.10. The lowest BCUT2D eigenvalue weighted by molar-refractivity contribution is 0.0955. The molecule has 0 bridgehead atoms. The number of rotatable bonds is 8. The summed E-state index contributed by atoms with van der Waals surface area (Å²) in [6, 6.07) is 13.5. The molecule has 0 fully saturated rings. The Morgan fingerprint density at radius 1 is 1.13 bits per heavy atom. The van der Waals surface area contributed by atoms with Crippen LogP contribution in [0.5, 0.6) is 5.75 Å². The zero-order chi connectivity index (χ0) is 20.8. The fourth-order valence-electron chi connectivity index (χ4n) is 3.97. The highest BCUT2D eigenvalue weighted by Gasteiger charge is 2.16. The molecule has 156 valence electrons. The number of nitrogens with zero attached hydrogens (tertiary/aromatic N) is 1. The number of aromatic amines is 1. The number of amides is 1. The van der Waals surface area contributed by atoms with E-state index in [0.29, 0.717) is 5.56 Å². The fourth-order valence-corrected chi connectivity index (χ4v) is 3.97. The first kappa shape index (κ1) is 20.2. The topological polar surface area (TPSA) is 66.5 Å². The number of benzene rings is 2. The molecule has 0 unspecified atom stereocenters. The molecule has 1 aliphatic rings. The van der Waals surface area contributed by atoms with Crippen LogP contribution >= 0.6 is 0 Å². The maximum Gasteiger partial charge on any atom is 0.271 e. The molecule has 1 aromatic heterocycles. The van der Waals surface area contributed by atoms with Crippen LogP contribution in [-0.4, -0.2) is 23.7 Å². The first-order valence-electron chi connectivity index (χ1n) is 10.9. The Bertz CT molecular complexity index is 1030. The van der Waals surface area contributed by atoms with E-state index < -0.39 is 0 Å². The molecular weight excluding hydrogens is 374 g/mol. The van der Waals surface area contributed by atoms with Crippen LogP contribution in [0.25, 0.3) is 10.9 Å². The van der Waals surface area contributed by atoms with Crippen LogP contribution in [0.15, 0.2) is 47.6 Å². The standard InChI is InChI=1S/C25H29N3O2/c1-2-3-6-15-30-20-12-9-18(10-13-20)17-26-28-25(29)19-11-14-24-22(16-19)21-7-4-5-8-23(21)27-24/h9-14,16-17,27H,2-8,15H2,1H3,(H,28,29)/b26-17+. The fraction of sp³-hybridized carbons (Fsp3) is 0.360. The van der Waals surface area contributed by atoms with Gasteiger partial charge in [-0.25, -0.2) is 5.43 Å². The molecular formula is C25H29N3O2. The van der Waals surface area contributed by atoms with Crippen LogP contribution in [0.1, 0.15) is 66.2 Å². The third-order valence-electron chi connectivity index (χ3n) is 5.64. The second kappa shape index (κ2) is 9.61. The third kappa shape index (κ3) is 4.73. The van der Waals surface area contributed by atoms with E-state index in [1.54, 1.807) is 6.21 Å². The molecule has 1 heterocycles. The predicted molar refractivity (Wildman–Crippen MR) is 121 cm³/mol. The van der Waals surface area contributed by atoms with Gasteiger partial charge in [0, 0.05) is 22.2 Å². The number of carbonyl (C=O) groups is 1. The van der Waals surface area contributed by atoms with Gasteiger partial charge in [0.05, 0.1) is 12.8 Å². The van der Waals surface area contributed by atoms with Gasteiger partial charge in [0.2, 0.25) is 0 Å². The molecule has 2 N–H and O–H groups in total. The predicted octanol–water partition coefficient (Wildman–Crippen LogP) is 5.38. The van der Waals surface area contributed by atoms with Gasteiger partial charge in [-0.2, -0.15) is 5.10 Å². The van der Waals surface area contributed by atoms with E-state index >= 15 is 0 Å². The van der Waals surface area contributed by atoms with Crippen molar-refractivity contribution in [2.75, 3.05) is 6.61 Å². The lowest BCUT2D eigenvalue weighted by Crippen LogP contribution is -2.17. The molecule has 0 radical (unpaired) electrons. The van der Waals surface area contributed by atoms with Crippen LogP contribution < -0.4 is 10.2 Å². The van der Waals surface area contributed by atoms with Crippen molar-refractivity contribution in [1.29, 1.82) is 0 Å². The molecule has 1 amide bonds. The van der Waals surface area contributed by atoms with E-state index in [-0.39, 0.29) is 5.91 Å². The van der Waals surface area contributed by atoms with E-state index in [1.165, 1.54) is 36.9 Å². The van der Waals surface area contributed by atoms with Crippen molar-refractivity contribution in [2.45, 2.75) is 51.9 Å². The van der Waals surface area contributed by atoms with E-state index in [1.807, 2.05) is 42.5 Å². The van der Waals surface area contributed by atoms with Crippen molar-refractivity contribution < 1.29 is 9.53 Å². The highest BCUT2D eigenvalue weighted by molar-refractivity contribution is 5.99. The Labute approximate surface area is 177 Å². The van der Waals surface area contributed by atoms with Crippen LogP contribution in [0.4, 0.5) is 0 Å². The number of aryl methyl sites for hydroxylation is 2. The number of hydrazone groups is 1. The SMILES string of the molecule is CCCCCOc1ccc(/C=N/NC(=O)c2ccc3[nH]c4c(c3c2)CCCC4)cc1. The summed E-state index contributed by atoms with van der Waals surface area (Å²) in [5, 5.41) is 5.28. The molecule has 5 heteroatoms. The number of ether oxygens (including phenoxy) is 1. The Kier molecular flexibility index (Phi) is 6.47. The number of hydrogen-bond donors (Lipinski definition) is 2. The number of unbranched alkanes of at least 4 members (excludes halogenated alkanes) is 2. The first-order chi connectivity index (χ1) is 14.7. The molecule has 30 heavy (non-hydrogen) atoms. The Morgan fingerprint density at radius 3 is 2.80 bits per heavy atom. The second-order valence-electron chi connectivity index (χ2n) is 7.87. The summed E-state index contributed by atoms with van der Waals surface area (Å²) in [4.78, 5) is 16.0. The van der Waals surface area contributed by atoms with Gasteiger partial charge < -0.3 is 9.72 Å². The number of carbonyl (C=O) groups excluding carboxylic acids is 1. The van der Waals surface area contributed by atoms with Crippen molar-refractivity contribution in [1.82, 2.24) is 10.4 Å². The van der Waals surface area contributed by atoms with Gasteiger partial charge in [0.15, 0.2) is 0 Å². The van der Waals surface area contributed by atoms with Gasteiger partial charge >= 0.3 is 0 Å². The van der Waals surface area contributed by atoms with Gasteiger partial charge in [-0.05, 0) is 85.7 Å². The lowest BCUT2D eigenvalue weighted by atomic mass is 9.95. The number of H-pyrrole nitrogens is 1. The van der Waals surface area contributed by atoms with Crippen molar-refractivity contribution in [2.24, 2.45) is 5.10 Å². The molecule has 0 aliphatic heterocycles. The summed E-state index contributed by atoms with van der Waals surface area (Å²) in [7, 11) is 0. The summed E-state index contributed by atoms with van der Waals surface area (Å²) >= 11 is 0. The Hall–Kier alpha value is -3.08. The number of fused-ring (bicyclic) bond motifs is 3. The van der Waals surface area contributed by atoms with Gasteiger partial charge in [-0.3, -0.25) is 4.79 Å². The second-order valence-corrected chi connectivity index (χ2v) is 7.87. The maximum absolute atomic E-state index is 12.5. The van der Waals surface area contributed by atoms with Gasteiger partial charge in [-0.15, -0.1) is 0 Å². The summed E-state index contributed by atoms with van der Waals surface area (Å²) in [5.74, 6) is 0.658. The summed E-state index contributed by atoms with van der Waals surface area (Å²) in [6.45, 7) is 2.92. The molecule has 1 aliphatic carbocycles. The van der Waals surface area contributed by atoms with Crippen LogP contribution in [0.3, 0.4) is 0 Å². The van der Waals surface area contributed by atoms with E-state index in [0.717, 1.165) is 48.1 Å². The summed E-state index contributed by atoms with van der Waals surface area (Å²) < 4.78 is 5.71. The summed E-state index contributed by atoms with van der Waals surface area (Å²) in [6.07, 6.45) is 9.71. The monoisotopic (exact) mass is 403 g/mol. The Balaban J connectivity index is 1.35. The van der Waals surface area contributed by atoms with E-state index in [4.69, 9.17) is 4.74 Å². The average Bonchev–Trinajstić information content (AvgIpc) is 3.15. The quantitative estimate of drug-likeness (QED) is 0.301. The number of aromatic nitrogens is 1. The van der Waals surface area contributed by atoms with Crippen LogP contribution in [-0.2, 0) is 12.8 Å². The minimum atomic E-state index is -0.199. The zero-order valence-corrected chi connectivity index (χ0v) is 17.5. The molecule has 3 aromatic rings. The first-order valence-corrected chi connectivity index (χ1v) is 10.9. The Morgan fingerprint density at radius 2 is 1.97 bits per heavy atom. The number of hydrogen-bond acceptors (Lipinski definition) is 3. The summed E-state index contributed by atoms with van der Waals surface area (Å²) in [5.41, 5.74) is 7.97. The normalized spacial score (nSPS) is 13.5. The maximum atomic E-state index is 12.5. The average molecular weight is 404 g/mol. The highest BCUT2D eigenvalue weighted by Crippen LogP contribution is 2.29. The van der Waals surface area contributed by atoms with Crippen molar-refractivity contribution in [3.63, 3.8) is 0 Å². The van der Waals surface area contributed by atoms with Gasteiger partial charge in [-0.1, -0.05) is 19.8 Å². The molecule has 0 saturated carbocycles. The van der Waals surface area contributed by atoms with Crippen molar-refractivity contribution in [3.8, 4) is 5.75 Å². The largest absolute Gasteiger partial charge is 0.494 e. The third-order valence-corrected chi connectivity index (χ3v) is 5.64. The van der Waals surface area contributed by atoms with Crippen LogP contribution in [0, 0.1) is 0 Å².